The molecule has 1 aromatic rings. The van der Waals surface area contributed by atoms with Crippen molar-refractivity contribution in [2.75, 3.05) is 12.4 Å². The molecule has 0 unspecified atom stereocenters. The van der Waals surface area contributed by atoms with E-state index in [4.69, 9.17) is 5.90 Å². The Balaban J connectivity index is 2.78. The number of benzene rings is 1. The summed E-state index contributed by atoms with van der Waals surface area (Å²) in [5, 5.41) is 0. The Labute approximate surface area is 103 Å². The number of hydrogen-bond acceptors (Lipinski definition) is 4. The first-order valence-electron chi connectivity index (χ1n) is 5.62. The number of sulfone groups is 1. The average Bonchev–Trinajstić information content (AvgIpc) is 2.29. The number of hydrogen-bond donors (Lipinski definition) is 1. The molecule has 0 aliphatic rings. The molecule has 1 aromatic carbocycles. The Morgan fingerprint density at radius 1 is 1.24 bits per heavy atom. The third kappa shape index (κ3) is 4.11. The first-order chi connectivity index (χ1) is 7.97. The van der Waals surface area contributed by atoms with Gasteiger partial charge in [-0.05, 0) is 30.0 Å². The van der Waals surface area contributed by atoms with E-state index in [0.717, 1.165) is 5.56 Å². The van der Waals surface area contributed by atoms with Gasteiger partial charge in [0, 0.05) is 0 Å². The van der Waals surface area contributed by atoms with Gasteiger partial charge in [0.25, 0.3) is 0 Å². The van der Waals surface area contributed by atoms with Crippen LogP contribution in [0.25, 0.3) is 0 Å². The van der Waals surface area contributed by atoms with Gasteiger partial charge >= 0.3 is 0 Å². The quantitative estimate of drug-likeness (QED) is 0.624. The predicted octanol–water partition coefficient (Wildman–Crippen LogP) is 1.86. The summed E-state index contributed by atoms with van der Waals surface area (Å²) >= 11 is 0. The average molecular weight is 257 g/mol. The van der Waals surface area contributed by atoms with Crippen LogP contribution in [0, 0.1) is 0 Å². The van der Waals surface area contributed by atoms with Crippen molar-refractivity contribution in [3.05, 3.63) is 29.8 Å². The van der Waals surface area contributed by atoms with Crippen LogP contribution in [0.2, 0.25) is 0 Å². The molecule has 0 heterocycles. The van der Waals surface area contributed by atoms with Crippen molar-refractivity contribution in [1.82, 2.24) is 0 Å². The van der Waals surface area contributed by atoms with Gasteiger partial charge < -0.3 is 4.84 Å². The number of nitrogens with two attached hydrogens (primary N) is 1. The van der Waals surface area contributed by atoms with Crippen LogP contribution in [0.4, 0.5) is 0 Å². The molecule has 0 aromatic heterocycles. The van der Waals surface area contributed by atoms with Gasteiger partial charge in [-0.3, -0.25) is 0 Å². The van der Waals surface area contributed by atoms with Gasteiger partial charge in [0.15, 0.2) is 9.84 Å². The van der Waals surface area contributed by atoms with Crippen LogP contribution in [0.5, 0.6) is 0 Å². The molecule has 0 bridgehead atoms. The van der Waals surface area contributed by atoms with Gasteiger partial charge in [-0.15, -0.1) is 0 Å². The Bertz CT molecular complexity index is 437. The summed E-state index contributed by atoms with van der Waals surface area (Å²) in [7, 11) is -3.21. The second-order valence-corrected chi connectivity index (χ2v) is 6.38. The molecule has 5 heteroatoms. The highest BCUT2D eigenvalue weighted by atomic mass is 32.2. The third-order valence-corrected chi connectivity index (χ3v) is 4.40. The predicted molar refractivity (Wildman–Crippen MR) is 67.3 cm³/mol. The Morgan fingerprint density at radius 2 is 1.82 bits per heavy atom. The van der Waals surface area contributed by atoms with Crippen molar-refractivity contribution >= 4 is 9.84 Å². The van der Waals surface area contributed by atoms with Crippen LogP contribution < -0.4 is 5.90 Å². The van der Waals surface area contributed by atoms with Gasteiger partial charge in [0.2, 0.25) is 0 Å². The Kier molecular flexibility index (Phi) is 5.11. The van der Waals surface area contributed by atoms with E-state index in [1.165, 1.54) is 0 Å². The minimum absolute atomic E-state index is 0.0607. The molecule has 0 aliphatic heterocycles. The lowest BCUT2D eigenvalue weighted by Gasteiger charge is -2.07. The summed E-state index contributed by atoms with van der Waals surface area (Å²) in [4.78, 5) is 4.72. The van der Waals surface area contributed by atoms with Gasteiger partial charge in [-0.1, -0.05) is 26.0 Å². The maximum Gasteiger partial charge on any atom is 0.178 e. The third-order valence-electron chi connectivity index (χ3n) is 2.58. The van der Waals surface area contributed by atoms with Crippen LogP contribution in [-0.4, -0.2) is 20.8 Å². The molecule has 17 heavy (non-hydrogen) atoms. The van der Waals surface area contributed by atoms with Crippen molar-refractivity contribution in [1.29, 1.82) is 0 Å². The summed E-state index contributed by atoms with van der Waals surface area (Å²) in [6, 6.07) is 7.04. The normalized spacial score (nSPS) is 12.0. The Hall–Kier alpha value is -0.910. The van der Waals surface area contributed by atoms with Crippen molar-refractivity contribution in [2.24, 2.45) is 5.90 Å². The van der Waals surface area contributed by atoms with Crippen molar-refractivity contribution in [3.63, 3.8) is 0 Å². The molecule has 0 saturated carbocycles. The van der Waals surface area contributed by atoms with Crippen LogP contribution in [0.1, 0.15) is 31.7 Å². The smallest absolute Gasteiger partial charge is 0.178 e. The largest absolute Gasteiger partial charge is 0.305 e. The van der Waals surface area contributed by atoms with Crippen molar-refractivity contribution in [3.8, 4) is 0 Å². The van der Waals surface area contributed by atoms with Gasteiger partial charge in [0.1, 0.15) is 0 Å². The van der Waals surface area contributed by atoms with E-state index in [-0.39, 0.29) is 12.4 Å². The van der Waals surface area contributed by atoms with E-state index in [2.05, 4.69) is 18.7 Å². The molecule has 1 rings (SSSR count). The summed E-state index contributed by atoms with van der Waals surface area (Å²) in [5.74, 6) is 5.32. The van der Waals surface area contributed by atoms with Crippen LogP contribution >= 0.6 is 0 Å². The summed E-state index contributed by atoms with van der Waals surface area (Å²) in [5.41, 5.74) is 1.13. The topological polar surface area (TPSA) is 69.4 Å². The minimum atomic E-state index is -3.21. The lowest BCUT2D eigenvalue weighted by Crippen LogP contribution is -2.11. The molecule has 0 amide bonds. The minimum Gasteiger partial charge on any atom is -0.305 e. The molecular weight excluding hydrogens is 238 g/mol. The first kappa shape index (κ1) is 14.2. The van der Waals surface area contributed by atoms with Crippen molar-refractivity contribution in [2.45, 2.75) is 31.1 Å². The highest BCUT2D eigenvalue weighted by Crippen LogP contribution is 2.18. The van der Waals surface area contributed by atoms with Gasteiger partial charge in [-0.25, -0.2) is 14.3 Å². The second-order valence-electron chi connectivity index (χ2n) is 4.27. The van der Waals surface area contributed by atoms with E-state index in [0.29, 0.717) is 17.2 Å². The summed E-state index contributed by atoms with van der Waals surface area (Å²) < 4.78 is 23.8. The van der Waals surface area contributed by atoms with E-state index in [1.54, 1.807) is 12.1 Å². The molecule has 0 atom stereocenters. The molecule has 0 fully saturated rings. The fourth-order valence-electron chi connectivity index (χ4n) is 1.51. The van der Waals surface area contributed by atoms with E-state index < -0.39 is 9.84 Å². The SMILES string of the molecule is CC(C)c1ccc(S(=O)(=O)CCCON)cc1. The Morgan fingerprint density at radius 3 is 2.29 bits per heavy atom. The van der Waals surface area contributed by atoms with E-state index in [9.17, 15) is 8.42 Å². The second kappa shape index (κ2) is 6.14. The van der Waals surface area contributed by atoms with Crippen LogP contribution in [0.15, 0.2) is 29.2 Å². The highest BCUT2D eigenvalue weighted by Gasteiger charge is 2.14. The zero-order chi connectivity index (χ0) is 12.9. The lowest BCUT2D eigenvalue weighted by atomic mass is 10.0. The molecule has 0 radical (unpaired) electrons. The highest BCUT2D eigenvalue weighted by molar-refractivity contribution is 7.91. The summed E-state index contributed by atoms with van der Waals surface area (Å²) in [6.45, 7) is 4.40. The van der Waals surface area contributed by atoms with Crippen molar-refractivity contribution < 1.29 is 13.3 Å². The molecule has 0 spiro atoms. The molecule has 0 saturated heterocycles. The molecular formula is C12H19NO3S. The van der Waals surface area contributed by atoms with E-state index in [1.807, 2.05) is 12.1 Å². The molecule has 4 nitrogen and oxygen atoms in total. The fourth-order valence-corrected chi connectivity index (χ4v) is 2.79. The maximum absolute atomic E-state index is 11.9. The maximum atomic E-state index is 11.9. The number of rotatable bonds is 6. The van der Waals surface area contributed by atoms with Crippen LogP contribution in [-0.2, 0) is 14.7 Å². The first-order valence-corrected chi connectivity index (χ1v) is 7.27. The monoisotopic (exact) mass is 257 g/mol. The van der Waals surface area contributed by atoms with Gasteiger partial charge in [-0.2, -0.15) is 0 Å². The zero-order valence-corrected chi connectivity index (χ0v) is 11.0. The standard InChI is InChI=1S/C12H19NO3S/c1-10(2)11-4-6-12(7-5-11)17(14,15)9-3-8-16-13/h4-7,10H,3,8-9,13H2,1-2H3. The molecule has 2 N–H and O–H groups in total. The lowest BCUT2D eigenvalue weighted by molar-refractivity contribution is 0.139. The van der Waals surface area contributed by atoms with Gasteiger partial charge in [0.05, 0.1) is 17.3 Å². The van der Waals surface area contributed by atoms with E-state index >= 15 is 0 Å². The molecule has 0 aliphatic carbocycles. The summed E-state index contributed by atoms with van der Waals surface area (Å²) in [6.07, 6.45) is 0.408. The zero-order valence-electron chi connectivity index (χ0n) is 10.2. The fraction of sp³-hybridized carbons (Fsp3) is 0.500. The molecule has 96 valence electrons. The van der Waals surface area contributed by atoms with Crippen LogP contribution in [0.3, 0.4) is 0 Å².